The molecule has 0 radical (unpaired) electrons. The van der Waals surface area contributed by atoms with E-state index in [0.717, 1.165) is 4.47 Å². The van der Waals surface area contributed by atoms with Crippen LogP contribution in [0.1, 0.15) is 0 Å². The average molecular weight is 524 g/mol. The van der Waals surface area contributed by atoms with Crippen LogP contribution in [0.25, 0.3) is 60.5 Å². The molecular weight excluding hydrogens is 502 g/mol. The van der Waals surface area contributed by atoms with Crippen LogP contribution in [0, 0.1) is 0 Å². The van der Waals surface area contributed by atoms with Crippen molar-refractivity contribution in [2.75, 3.05) is 0 Å². The van der Waals surface area contributed by atoms with Gasteiger partial charge in [-0.05, 0) is 46.3 Å². The van der Waals surface area contributed by atoms with Gasteiger partial charge in [-0.2, -0.15) is 0 Å². The first kappa shape index (κ1) is 21.2. The summed E-state index contributed by atoms with van der Waals surface area (Å²) >= 11 is 3.80. The first-order valence-corrected chi connectivity index (χ1v) is 12.9. The smallest absolute Gasteiger partial charge is 0.0547 e. The zero-order valence-corrected chi connectivity index (χ0v) is 21.1. The van der Waals surface area contributed by atoms with Crippen LogP contribution in [-0.2, 0) is 0 Å². The van der Waals surface area contributed by atoms with Gasteiger partial charge in [-0.15, -0.1) is 0 Å². The second kappa shape index (κ2) is 8.51. The fraction of sp³-hybridized carbons (Fsp3) is 0. The van der Waals surface area contributed by atoms with Gasteiger partial charge in [0.05, 0.1) is 16.7 Å². The van der Waals surface area contributed by atoms with Crippen molar-refractivity contribution in [1.82, 2.24) is 4.57 Å². The van der Waals surface area contributed by atoms with E-state index in [-0.39, 0.29) is 0 Å². The maximum absolute atomic E-state index is 3.80. The quantitative estimate of drug-likeness (QED) is 0.217. The maximum atomic E-state index is 3.80. The monoisotopic (exact) mass is 523 g/mol. The zero-order valence-electron chi connectivity index (χ0n) is 19.5. The Bertz CT molecular complexity index is 1890. The standard InChI is InChI=1S/C34H22BrN/c35-30-17-9-13-24-12-8-16-27(34(24)30)25-20-21-29-28-15-5-7-19-32(28)36(33(29)22-25)31-18-6-4-14-26(31)23-10-2-1-3-11-23/h1-22H. The van der Waals surface area contributed by atoms with Gasteiger partial charge in [-0.25, -0.2) is 0 Å². The Hall–Kier alpha value is -4.14. The summed E-state index contributed by atoms with van der Waals surface area (Å²) in [6, 6.07) is 47.9. The highest BCUT2D eigenvalue weighted by molar-refractivity contribution is 9.10. The normalized spacial score (nSPS) is 11.5. The Morgan fingerprint density at radius 1 is 0.472 bits per heavy atom. The molecule has 1 aromatic heterocycles. The lowest BCUT2D eigenvalue weighted by Crippen LogP contribution is -1.97. The third-order valence-electron chi connectivity index (χ3n) is 7.07. The van der Waals surface area contributed by atoms with Crippen LogP contribution in [0.15, 0.2) is 138 Å². The number of hydrogen-bond acceptors (Lipinski definition) is 0. The van der Waals surface area contributed by atoms with Crippen molar-refractivity contribution >= 4 is 48.5 Å². The number of hydrogen-bond donors (Lipinski definition) is 0. The summed E-state index contributed by atoms with van der Waals surface area (Å²) in [4.78, 5) is 0. The van der Waals surface area contributed by atoms with Crippen LogP contribution >= 0.6 is 15.9 Å². The largest absolute Gasteiger partial charge is 0.309 e. The fourth-order valence-electron chi connectivity index (χ4n) is 5.46. The van der Waals surface area contributed by atoms with Gasteiger partial charge < -0.3 is 4.57 Å². The predicted octanol–water partition coefficient (Wildman–Crippen LogP) is 10.0. The van der Waals surface area contributed by atoms with Gasteiger partial charge >= 0.3 is 0 Å². The van der Waals surface area contributed by atoms with Crippen LogP contribution in [0.5, 0.6) is 0 Å². The van der Waals surface area contributed by atoms with Crippen molar-refractivity contribution in [3.8, 4) is 27.9 Å². The number of rotatable bonds is 3. The summed E-state index contributed by atoms with van der Waals surface area (Å²) in [5, 5.41) is 5.00. The van der Waals surface area contributed by atoms with E-state index in [1.807, 2.05) is 0 Å². The van der Waals surface area contributed by atoms with Crippen molar-refractivity contribution < 1.29 is 0 Å². The third-order valence-corrected chi connectivity index (χ3v) is 7.73. The molecule has 0 spiro atoms. The van der Waals surface area contributed by atoms with Crippen LogP contribution < -0.4 is 0 Å². The van der Waals surface area contributed by atoms with Crippen molar-refractivity contribution in [2.45, 2.75) is 0 Å². The molecule has 1 heterocycles. The molecule has 2 heteroatoms. The minimum Gasteiger partial charge on any atom is -0.309 e. The molecule has 0 N–H and O–H groups in total. The van der Waals surface area contributed by atoms with Crippen LogP contribution in [0.3, 0.4) is 0 Å². The summed E-state index contributed by atoms with van der Waals surface area (Å²) in [5.74, 6) is 0. The molecule has 6 aromatic carbocycles. The number of nitrogens with zero attached hydrogens (tertiary/aromatic N) is 1. The van der Waals surface area contributed by atoms with Crippen LogP contribution in [0.4, 0.5) is 0 Å². The van der Waals surface area contributed by atoms with E-state index in [0.29, 0.717) is 0 Å². The molecule has 0 unspecified atom stereocenters. The first-order chi connectivity index (χ1) is 17.8. The maximum Gasteiger partial charge on any atom is 0.0547 e. The molecule has 0 saturated carbocycles. The summed E-state index contributed by atoms with van der Waals surface area (Å²) in [6.45, 7) is 0. The summed E-state index contributed by atoms with van der Waals surface area (Å²) < 4.78 is 3.54. The van der Waals surface area contributed by atoms with Crippen molar-refractivity contribution in [3.05, 3.63) is 138 Å². The SMILES string of the molecule is Brc1cccc2cccc(-c3ccc4c5ccccc5n(-c5ccccc5-c5ccccc5)c4c3)c12. The van der Waals surface area contributed by atoms with Gasteiger partial charge in [0.2, 0.25) is 0 Å². The Labute approximate surface area is 218 Å². The van der Waals surface area contributed by atoms with Gasteiger partial charge in [0.1, 0.15) is 0 Å². The molecule has 0 amide bonds. The molecule has 36 heavy (non-hydrogen) atoms. The Morgan fingerprint density at radius 3 is 2.06 bits per heavy atom. The molecule has 0 atom stereocenters. The second-order valence-corrected chi connectivity index (χ2v) is 9.97. The van der Waals surface area contributed by atoms with E-state index in [1.54, 1.807) is 0 Å². The molecule has 0 aliphatic heterocycles. The highest BCUT2D eigenvalue weighted by atomic mass is 79.9. The summed E-state index contributed by atoms with van der Waals surface area (Å²) in [7, 11) is 0. The average Bonchev–Trinajstić information content (AvgIpc) is 3.27. The number of para-hydroxylation sites is 2. The van der Waals surface area contributed by atoms with Gasteiger partial charge in [0.15, 0.2) is 0 Å². The summed E-state index contributed by atoms with van der Waals surface area (Å²) in [6.07, 6.45) is 0. The first-order valence-electron chi connectivity index (χ1n) is 12.2. The van der Waals surface area contributed by atoms with E-state index >= 15 is 0 Å². The van der Waals surface area contributed by atoms with Crippen molar-refractivity contribution in [3.63, 3.8) is 0 Å². The molecule has 170 valence electrons. The fourth-order valence-corrected chi connectivity index (χ4v) is 6.06. The molecule has 0 bridgehead atoms. The van der Waals surface area contributed by atoms with Crippen molar-refractivity contribution in [1.29, 1.82) is 0 Å². The Balaban J connectivity index is 1.57. The van der Waals surface area contributed by atoms with Gasteiger partial charge in [0.25, 0.3) is 0 Å². The zero-order chi connectivity index (χ0) is 24.1. The Kier molecular flexibility index (Phi) is 5.00. The minimum absolute atomic E-state index is 1.12. The molecule has 1 nitrogen and oxygen atoms in total. The highest BCUT2D eigenvalue weighted by Gasteiger charge is 2.16. The van der Waals surface area contributed by atoms with Gasteiger partial charge in [-0.3, -0.25) is 0 Å². The lowest BCUT2D eigenvalue weighted by Gasteiger charge is -2.15. The third kappa shape index (κ3) is 3.30. The molecule has 0 aliphatic rings. The van der Waals surface area contributed by atoms with Crippen molar-refractivity contribution in [2.24, 2.45) is 0 Å². The molecule has 0 saturated heterocycles. The molecule has 0 fully saturated rings. The predicted molar refractivity (Wildman–Crippen MR) is 157 cm³/mol. The second-order valence-electron chi connectivity index (χ2n) is 9.11. The lowest BCUT2D eigenvalue weighted by atomic mass is 9.97. The van der Waals surface area contributed by atoms with E-state index in [2.05, 4.69) is 154 Å². The number of fused-ring (bicyclic) bond motifs is 4. The number of benzene rings is 6. The molecular formula is C34H22BrN. The Morgan fingerprint density at radius 2 is 1.17 bits per heavy atom. The lowest BCUT2D eigenvalue weighted by molar-refractivity contribution is 1.18. The number of halogens is 1. The molecule has 7 rings (SSSR count). The number of aromatic nitrogens is 1. The van der Waals surface area contributed by atoms with E-state index < -0.39 is 0 Å². The summed E-state index contributed by atoms with van der Waals surface area (Å²) in [5.41, 5.74) is 8.49. The topological polar surface area (TPSA) is 4.93 Å². The van der Waals surface area contributed by atoms with E-state index in [1.165, 1.54) is 60.5 Å². The van der Waals surface area contributed by atoms with Gasteiger partial charge in [0, 0.05) is 26.2 Å². The van der Waals surface area contributed by atoms with E-state index in [4.69, 9.17) is 0 Å². The van der Waals surface area contributed by atoms with Crippen LogP contribution in [0.2, 0.25) is 0 Å². The highest BCUT2D eigenvalue weighted by Crippen LogP contribution is 2.40. The van der Waals surface area contributed by atoms with Gasteiger partial charge in [-0.1, -0.05) is 125 Å². The molecule has 7 aromatic rings. The minimum atomic E-state index is 1.12. The molecule has 0 aliphatic carbocycles. The van der Waals surface area contributed by atoms with E-state index in [9.17, 15) is 0 Å². The van der Waals surface area contributed by atoms with Crippen LogP contribution in [-0.4, -0.2) is 4.57 Å².